The summed E-state index contributed by atoms with van der Waals surface area (Å²) < 4.78 is 5.38. The lowest BCUT2D eigenvalue weighted by molar-refractivity contribution is -0.137. The Morgan fingerprint density at radius 1 is 1.27 bits per heavy atom. The third kappa shape index (κ3) is 4.97. The maximum absolute atomic E-state index is 12.9. The van der Waals surface area contributed by atoms with Crippen molar-refractivity contribution >= 4 is 17.5 Å². The minimum Gasteiger partial charge on any atom is -0.384 e. The van der Waals surface area contributed by atoms with Crippen LogP contribution >= 0.6 is 11.6 Å². The largest absolute Gasteiger partial charge is 0.384 e. The van der Waals surface area contributed by atoms with Crippen molar-refractivity contribution < 1.29 is 9.53 Å². The molecule has 0 spiro atoms. The lowest BCUT2D eigenvalue weighted by atomic mass is 9.78. The number of hydrogen-bond donors (Lipinski definition) is 2. The topological polar surface area (TPSA) is 53.6 Å². The number of nitrogens with zero attached hydrogens (tertiary/aromatic N) is 1. The van der Waals surface area contributed by atoms with Crippen LogP contribution in [0, 0.1) is 5.41 Å². The van der Waals surface area contributed by atoms with Crippen molar-refractivity contribution in [1.82, 2.24) is 15.5 Å². The fraction of sp³-hybridized carbons (Fsp3) is 0.650. The number of hydrogen-bond acceptors (Lipinski definition) is 4. The van der Waals surface area contributed by atoms with Crippen LogP contribution in [0.1, 0.15) is 31.2 Å². The molecule has 0 unspecified atom stereocenters. The van der Waals surface area contributed by atoms with Crippen LogP contribution < -0.4 is 10.6 Å². The Bertz CT molecular complexity index is 574. The van der Waals surface area contributed by atoms with E-state index >= 15 is 0 Å². The number of methoxy groups -OCH3 is 1. The highest BCUT2D eigenvalue weighted by Gasteiger charge is 2.40. The van der Waals surface area contributed by atoms with Gasteiger partial charge in [-0.1, -0.05) is 23.7 Å². The number of ether oxygens (including phenoxy) is 1. The van der Waals surface area contributed by atoms with Gasteiger partial charge < -0.3 is 15.4 Å². The number of piperidine rings is 2. The first-order valence-electron chi connectivity index (χ1n) is 9.59. The summed E-state index contributed by atoms with van der Waals surface area (Å²) in [6.07, 6.45) is 3.70. The molecule has 2 aliphatic heterocycles. The second kappa shape index (κ2) is 9.18. The van der Waals surface area contributed by atoms with Gasteiger partial charge in [-0.15, -0.1) is 0 Å². The molecule has 2 heterocycles. The van der Waals surface area contributed by atoms with Crippen molar-refractivity contribution in [2.45, 2.75) is 38.3 Å². The number of benzene rings is 1. The molecular formula is C20H30ClN3O2. The molecule has 6 heteroatoms. The van der Waals surface area contributed by atoms with E-state index in [0.717, 1.165) is 63.4 Å². The van der Waals surface area contributed by atoms with Crippen LogP contribution in [-0.2, 0) is 16.1 Å². The first kappa shape index (κ1) is 19.6. The number of nitrogens with one attached hydrogen (secondary N) is 2. The molecule has 0 bridgehead atoms. The molecule has 1 amide bonds. The zero-order valence-corrected chi connectivity index (χ0v) is 16.4. The normalized spacial score (nSPS) is 21.5. The molecule has 2 fully saturated rings. The minimum absolute atomic E-state index is 0.178. The van der Waals surface area contributed by atoms with Gasteiger partial charge in [0.1, 0.15) is 0 Å². The quantitative estimate of drug-likeness (QED) is 0.797. The summed E-state index contributed by atoms with van der Waals surface area (Å²) in [5.74, 6) is 0.178. The van der Waals surface area contributed by atoms with Gasteiger partial charge in [-0.2, -0.15) is 0 Å². The summed E-state index contributed by atoms with van der Waals surface area (Å²) in [4.78, 5) is 15.4. The van der Waals surface area contributed by atoms with E-state index in [9.17, 15) is 4.79 Å². The fourth-order valence-electron chi connectivity index (χ4n) is 4.04. The molecule has 0 aromatic heterocycles. The predicted molar refractivity (Wildman–Crippen MR) is 104 cm³/mol. The molecule has 2 N–H and O–H groups in total. The summed E-state index contributed by atoms with van der Waals surface area (Å²) in [5.41, 5.74) is 0.922. The molecule has 1 aromatic rings. The minimum atomic E-state index is -0.361. The molecule has 0 saturated carbocycles. The van der Waals surface area contributed by atoms with Gasteiger partial charge in [-0.3, -0.25) is 9.69 Å². The number of likely N-dealkylation sites (tertiary alicyclic amines) is 1. The number of rotatable bonds is 6. The van der Waals surface area contributed by atoms with Gasteiger partial charge in [0.25, 0.3) is 0 Å². The highest BCUT2D eigenvalue weighted by Crippen LogP contribution is 2.30. The molecule has 3 rings (SSSR count). The van der Waals surface area contributed by atoms with Gasteiger partial charge >= 0.3 is 0 Å². The van der Waals surface area contributed by atoms with E-state index in [1.165, 1.54) is 5.56 Å². The number of halogens is 1. The average Bonchev–Trinajstić information content (AvgIpc) is 2.66. The van der Waals surface area contributed by atoms with E-state index in [0.29, 0.717) is 6.61 Å². The summed E-state index contributed by atoms with van der Waals surface area (Å²) in [5, 5.41) is 7.43. The molecule has 1 aromatic carbocycles. The van der Waals surface area contributed by atoms with Crippen LogP contribution in [0.5, 0.6) is 0 Å². The second-order valence-electron chi connectivity index (χ2n) is 7.61. The maximum Gasteiger partial charge on any atom is 0.228 e. The fourth-order valence-corrected chi connectivity index (χ4v) is 4.17. The van der Waals surface area contributed by atoms with Crippen LogP contribution in [0.4, 0.5) is 0 Å². The van der Waals surface area contributed by atoms with Crippen LogP contribution in [0.3, 0.4) is 0 Å². The highest BCUT2D eigenvalue weighted by atomic mass is 35.5. The van der Waals surface area contributed by atoms with Gasteiger partial charge in [0.15, 0.2) is 0 Å². The lowest BCUT2D eigenvalue weighted by Gasteiger charge is -2.38. The molecule has 2 aliphatic rings. The summed E-state index contributed by atoms with van der Waals surface area (Å²) >= 11 is 5.95. The van der Waals surface area contributed by atoms with Crippen molar-refractivity contribution in [2.75, 3.05) is 39.9 Å². The molecule has 26 heavy (non-hydrogen) atoms. The van der Waals surface area contributed by atoms with Gasteiger partial charge in [-0.05, 0) is 56.5 Å². The van der Waals surface area contributed by atoms with E-state index in [4.69, 9.17) is 16.3 Å². The molecular weight excluding hydrogens is 350 g/mol. The van der Waals surface area contributed by atoms with Crippen LogP contribution in [0.2, 0.25) is 5.02 Å². The van der Waals surface area contributed by atoms with Gasteiger partial charge in [0.05, 0.1) is 12.0 Å². The third-order valence-electron chi connectivity index (χ3n) is 5.71. The van der Waals surface area contributed by atoms with Crippen molar-refractivity contribution in [1.29, 1.82) is 0 Å². The molecule has 0 aliphatic carbocycles. The van der Waals surface area contributed by atoms with Gasteiger partial charge in [-0.25, -0.2) is 0 Å². The Kier molecular flexibility index (Phi) is 6.92. The Labute approximate surface area is 161 Å². The molecule has 144 valence electrons. The number of amides is 1. The molecule has 0 atom stereocenters. The summed E-state index contributed by atoms with van der Waals surface area (Å²) in [7, 11) is 1.69. The van der Waals surface area contributed by atoms with E-state index in [1.807, 2.05) is 12.1 Å². The van der Waals surface area contributed by atoms with E-state index in [-0.39, 0.29) is 17.4 Å². The molecule has 5 nitrogen and oxygen atoms in total. The Hall–Kier alpha value is -1.14. The number of carbonyl (C=O) groups excluding carboxylic acids is 1. The SMILES string of the molecule is COCC1(C(=O)NC2CCN(Cc3ccc(Cl)cc3)CC2)CCNCC1. The van der Waals surface area contributed by atoms with Gasteiger partial charge in [0.2, 0.25) is 5.91 Å². The first-order chi connectivity index (χ1) is 12.6. The van der Waals surface area contributed by atoms with Gasteiger partial charge in [0, 0.05) is 37.8 Å². The average molecular weight is 380 g/mol. The zero-order valence-electron chi connectivity index (χ0n) is 15.6. The number of carbonyl (C=O) groups is 1. The Morgan fingerprint density at radius 3 is 2.54 bits per heavy atom. The highest BCUT2D eigenvalue weighted by molar-refractivity contribution is 6.30. The predicted octanol–water partition coefficient (Wildman–Crippen LogP) is 2.44. The standard InChI is InChI=1S/C20H30ClN3O2/c1-26-15-20(8-10-22-11-9-20)19(25)23-18-6-12-24(13-7-18)14-16-2-4-17(21)5-3-16/h2-5,18,22H,6-15H2,1H3,(H,23,25). The Balaban J connectivity index is 1.48. The third-order valence-corrected chi connectivity index (χ3v) is 5.96. The van der Waals surface area contributed by atoms with Crippen molar-refractivity contribution in [2.24, 2.45) is 5.41 Å². The molecule has 2 saturated heterocycles. The van der Waals surface area contributed by atoms with Crippen LogP contribution in [0.15, 0.2) is 24.3 Å². The zero-order chi connectivity index (χ0) is 18.4. The lowest BCUT2D eigenvalue weighted by Crippen LogP contribution is -2.54. The summed E-state index contributed by atoms with van der Waals surface area (Å²) in [6.45, 7) is 5.23. The summed E-state index contributed by atoms with van der Waals surface area (Å²) in [6, 6.07) is 8.33. The van der Waals surface area contributed by atoms with E-state index in [2.05, 4.69) is 27.7 Å². The monoisotopic (exact) mass is 379 g/mol. The van der Waals surface area contributed by atoms with E-state index in [1.54, 1.807) is 7.11 Å². The maximum atomic E-state index is 12.9. The second-order valence-corrected chi connectivity index (χ2v) is 8.05. The van der Waals surface area contributed by atoms with Crippen molar-refractivity contribution in [3.05, 3.63) is 34.9 Å². The molecule has 0 radical (unpaired) electrons. The smallest absolute Gasteiger partial charge is 0.228 e. The Morgan fingerprint density at radius 2 is 1.92 bits per heavy atom. The van der Waals surface area contributed by atoms with Crippen molar-refractivity contribution in [3.63, 3.8) is 0 Å². The van der Waals surface area contributed by atoms with Crippen LogP contribution in [-0.4, -0.2) is 56.7 Å². The van der Waals surface area contributed by atoms with Crippen LogP contribution in [0.25, 0.3) is 0 Å². The van der Waals surface area contributed by atoms with Crippen molar-refractivity contribution in [3.8, 4) is 0 Å². The first-order valence-corrected chi connectivity index (χ1v) is 9.96. The van der Waals surface area contributed by atoms with E-state index < -0.39 is 0 Å².